The first-order chi connectivity index (χ1) is 11.9. The van der Waals surface area contributed by atoms with Gasteiger partial charge < -0.3 is 14.6 Å². The van der Waals surface area contributed by atoms with Gasteiger partial charge in [0.05, 0.1) is 19.4 Å². The average molecular weight is 348 g/mol. The molecule has 2 atom stereocenters. The lowest BCUT2D eigenvalue weighted by molar-refractivity contribution is -0.132. The normalized spacial score (nSPS) is 27.0. The Hall–Kier alpha value is -2.35. The second kappa shape index (κ2) is 6.87. The van der Waals surface area contributed by atoms with Crippen molar-refractivity contribution in [3.8, 4) is 0 Å². The molecule has 2 fully saturated rings. The third-order valence-corrected chi connectivity index (χ3v) is 5.15. The number of carbonyl (C=O) groups is 3. The van der Waals surface area contributed by atoms with Crippen LogP contribution in [0.15, 0.2) is 22.8 Å². The number of likely N-dealkylation sites (N-methyl/N-ethyl adjacent to an activating group) is 1. The fraction of sp³-hybridized carbons (Fsp3) is 0.588. The summed E-state index contributed by atoms with van der Waals surface area (Å²) in [6.07, 6.45) is 3.32. The number of nitrogens with zero attached hydrogens (tertiary/aromatic N) is 2. The van der Waals surface area contributed by atoms with E-state index < -0.39 is 11.6 Å². The van der Waals surface area contributed by atoms with Crippen molar-refractivity contribution in [1.82, 2.24) is 20.4 Å². The lowest BCUT2D eigenvalue weighted by Crippen LogP contribution is -2.56. The predicted octanol–water partition coefficient (Wildman–Crippen LogP) is 0.548. The largest absolute Gasteiger partial charge is 0.467 e. The van der Waals surface area contributed by atoms with E-state index in [-0.39, 0.29) is 17.7 Å². The van der Waals surface area contributed by atoms with Crippen molar-refractivity contribution >= 4 is 17.8 Å². The Morgan fingerprint density at radius 3 is 2.92 bits per heavy atom. The molecular weight excluding hydrogens is 324 g/mol. The number of rotatable bonds is 5. The maximum atomic E-state index is 12.5. The molecule has 0 aromatic carbocycles. The van der Waals surface area contributed by atoms with Crippen LogP contribution in [0, 0.1) is 5.92 Å². The molecule has 0 spiro atoms. The molecule has 2 aliphatic rings. The number of hydrogen-bond donors (Lipinski definition) is 2. The van der Waals surface area contributed by atoms with Gasteiger partial charge >= 0.3 is 6.03 Å². The van der Waals surface area contributed by atoms with E-state index in [1.54, 1.807) is 31.2 Å². The quantitative estimate of drug-likeness (QED) is 0.758. The van der Waals surface area contributed by atoms with Crippen LogP contribution >= 0.6 is 0 Å². The molecule has 1 aromatic heterocycles. The summed E-state index contributed by atoms with van der Waals surface area (Å²) < 4.78 is 5.27. The van der Waals surface area contributed by atoms with Gasteiger partial charge in [-0.05, 0) is 38.4 Å². The topological polar surface area (TPSA) is 94.9 Å². The summed E-state index contributed by atoms with van der Waals surface area (Å²) in [6.45, 7) is 3.89. The summed E-state index contributed by atoms with van der Waals surface area (Å²) in [7, 11) is 1.75. The van der Waals surface area contributed by atoms with E-state index in [0.717, 1.165) is 25.1 Å². The lowest BCUT2D eigenvalue weighted by atomic mass is 9.80. The van der Waals surface area contributed by atoms with Gasteiger partial charge in [0.25, 0.3) is 5.91 Å². The first kappa shape index (κ1) is 17.5. The molecule has 3 heterocycles. The Kier molecular flexibility index (Phi) is 4.80. The first-order valence-corrected chi connectivity index (χ1v) is 8.51. The number of furan rings is 1. The van der Waals surface area contributed by atoms with E-state index in [0.29, 0.717) is 19.6 Å². The standard InChI is InChI=1S/C17H24N4O4/c1-17(15(23)18-16(24)19-17)12-5-3-7-21(9-12)11-14(22)20(2)10-13-6-4-8-25-13/h4,6,8,12H,3,5,7,9-11H2,1-2H3,(H2,18,19,23,24)/t12-,17+/m0/s1. The zero-order valence-corrected chi connectivity index (χ0v) is 14.6. The minimum Gasteiger partial charge on any atom is -0.467 e. The highest BCUT2D eigenvalue weighted by Crippen LogP contribution is 2.29. The van der Waals surface area contributed by atoms with Gasteiger partial charge in [0, 0.05) is 19.5 Å². The van der Waals surface area contributed by atoms with Crippen molar-refractivity contribution in [1.29, 1.82) is 0 Å². The lowest BCUT2D eigenvalue weighted by Gasteiger charge is -2.39. The zero-order valence-electron chi connectivity index (χ0n) is 14.6. The molecule has 1 aromatic rings. The summed E-state index contributed by atoms with van der Waals surface area (Å²) in [6, 6.07) is 3.19. The average Bonchev–Trinajstić information content (AvgIpc) is 3.16. The summed E-state index contributed by atoms with van der Waals surface area (Å²) in [5.41, 5.74) is -0.904. The second-order valence-corrected chi connectivity index (χ2v) is 7.01. The summed E-state index contributed by atoms with van der Waals surface area (Å²) in [4.78, 5) is 39.7. The van der Waals surface area contributed by atoms with E-state index >= 15 is 0 Å². The third kappa shape index (κ3) is 3.68. The van der Waals surface area contributed by atoms with E-state index in [1.807, 2.05) is 6.07 Å². The molecule has 0 aliphatic carbocycles. The van der Waals surface area contributed by atoms with Crippen LogP contribution in [0.25, 0.3) is 0 Å². The van der Waals surface area contributed by atoms with Crippen LogP contribution in [-0.4, -0.2) is 59.9 Å². The molecule has 2 saturated heterocycles. The molecule has 3 rings (SSSR count). The Bertz CT molecular complexity index is 660. The Labute approximate surface area is 146 Å². The van der Waals surface area contributed by atoms with Crippen LogP contribution in [0.1, 0.15) is 25.5 Å². The fourth-order valence-corrected chi connectivity index (χ4v) is 3.55. The van der Waals surface area contributed by atoms with Gasteiger partial charge in [0.1, 0.15) is 11.3 Å². The monoisotopic (exact) mass is 348 g/mol. The predicted molar refractivity (Wildman–Crippen MR) is 89.4 cm³/mol. The van der Waals surface area contributed by atoms with Gasteiger partial charge in [-0.2, -0.15) is 0 Å². The molecule has 8 nitrogen and oxygen atoms in total. The van der Waals surface area contributed by atoms with Gasteiger partial charge in [-0.3, -0.25) is 19.8 Å². The van der Waals surface area contributed by atoms with E-state index in [2.05, 4.69) is 15.5 Å². The molecule has 136 valence electrons. The maximum absolute atomic E-state index is 12.5. The van der Waals surface area contributed by atoms with Gasteiger partial charge in [-0.1, -0.05) is 0 Å². The highest BCUT2D eigenvalue weighted by Gasteiger charge is 2.49. The number of nitrogens with one attached hydrogen (secondary N) is 2. The van der Waals surface area contributed by atoms with Crippen LogP contribution in [-0.2, 0) is 16.1 Å². The molecule has 4 amide bonds. The molecule has 8 heteroatoms. The molecule has 0 saturated carbocycles. The number of imide groups is 1. The number of amides is 4. The Morgan fingerprint density at radius 2 is 2.28 bits per heavy atom. The number of likely N-dealkylation sites (tertiary alicyclic amines) is 1. The zero-order chi connectivity index (χ0) is 18.0. The molecule has 0 radical (unpaired) electrons. The highest BCUT2D eigenvalue weighted by atomic mass is 16.3. The molecule has 0 unspecified atom stereocenters. The third-order valence-electron chi connectivity index (χ3n) is 5.15. The number of piperidine rings is 1. The van der Waals surface area contributed by atoms with Gasteiger partial charge in [0.2, 0.25) is 5.91 Å². The van der Waals surface area contributed by atoms with Crippen LogP contribution in [0.4, 0.5) is 4.79 Å². The smallest absolute Gasteiger partial charge is 0.322 e. The van der Waals surface area contributed by atoms with E-state index in [9.17, 15) is 14.4 Å². The molecular formula is C17H24N4O4. The van der Waals surface area contributed by atoms with Gasteiger partial charge in [0.15, 0.2) is 0 Å². The maximum Gasteiger partial charge on any atom is 0.322 e. The van der Waals surface area contributed by atoms with Crippen molar-refractivity contribution in [2.24, 2.45) is 5.92 Å². The summed E-state index contributed by atoms with van der Waals surface area (Å²) in [5.74, 6) is 0.439. The summed E-state index contributed by atoms with van der Waals surface area (Å²) >= 11 is 0. The minimum absolute atomic E-state index is 0.00196. The van der Waals surface area contributed by atoms with Crippen LogP contribution in [0.2, 0.25) is 0 Å². The van der Waals surface area contributed by atoms with Crippen molar-refractivity contribution in [2.45, 2.75) is 31.8 Å². The van der Waals surface area contributed by atoms with Crippen molar-refractivity contribution in [2.75, 3.05) is 26.7 Å². The van der Waals surface area contributed by atoms with Gasteiger partial charge in [-0.15, -0.1) is 0 Å². The molecule has 0 bridgehead atoms. The second-order valence-electron chi connectivity index (χ2n) is 7.01. The SMILES string of the molecule is CN(Cc1ccco1)C(=O)CN1CCC[C@H]([C@@]2(C)NC(=O)NC2=O)C1. The van der Waals surface area contributed by atoms with Crippen LogP contribution in [0.5, 0.6) is 0 Å². The summed E-state index contributed by atoms with van der Waals surface area (Å²) in [5, 5.41) is 5.05. The Balaban J connectivity index is 1.57. The Morgan fingerprint density at radius 1 is 1.48 bits per heavy atom. The minimum atomic E-state index is -0.904. The highest BCUT2D eigenvalue weighted by molar-refractivity contribution is 6.07. The van der Waals surface area contributed by atoms with Crippen molar-refractivity contribution in [3.05, 3.63) is 24.2 Å². The molecule has 25 heavy (non-hydrogen) atoms. The first-order valence-electron chi connectivity index (χ1n) is 8.51. The van der Waals surface area contributed by atoms with Crippen LogP contribution in [0.3, 0.4) is 0 Å². The van der Waals surface area contributed by atoms with Crippen molar-refractivity contribution < 1.29 is 18.8 Å². The number of urea groups is 1. The molecule has 2 N–H and O–H groups in total. The number of carbonyl (C=O) groups excluding carboxylic acids is 3. The van der Waals surface area contributed by atoms with Gasteiger partial charge in [-0.25, -0.2) is 4.79 Å². The van der Waals surface area contributed by atoms with Crippen molar-refractivity contribution in [3.63, 3.8) is 0 Å². The van der Waals surface area contributed by atoms with E-state index in [1.165, 1.54) is 0 Å². The van der Waals surface area contributed by atoms with E-state index in [4.69, 9.17) is 4.42 Å². The van der Waals surface area contributed by atoms with Crippen LogP contribution < -0.4 is 10.6 Å². The number of hydrogen-bond acceptors (Lipinski definition) is 5. The fourth-order valence-electron chi connectivity index (χ4n) is 3.55. The molecule has 2 aliphatic heterocycles.